The van der Waals surface area contributed by atoms with Crippen LogP contribution in [-0.2, 0) is 38.1 Å². The van der Waals surface area contributed by atoms with Gasteiger partial charge in [0, 0.05) is 29.8 Å². The van der Waals surface area contributed by atoms with Crippen molar-refractivity contribution in [1.29, 1.82) is 5.26 Å². The van der Waals surface area contributed by atoms with E-state index in [9.17, 15) is 19.2 Å². The Hall–Kier alpha value is -6.83. The van der Waals surface area contributed by atoms with Crippen molar-refractivity contribution in [3.05, 3.63) is 83.6 Å². The van der Waals surface area contributed by atoms with Gasteiger partial charge >= 0.3 is 12.2 Å². The number of aromatic amines is 2. The number of amides is 4. The number of nitrogens with one attached hydrogen (secondary N) is 4. The van der Waals surface area contributed by atoms with E-state index in [1.807, 2.05) is 24.3 Å². The van der Waals surface area contributed by atoms with Crippen LogP contribution < -0.4 is 10.6 Å². The number of benzene rings is 3. The highest BCUT2D eigenvalue weighted by molar-refractivity contribution is 5.87. The molecular formula is C41H41F2N9O6. The number of nitrogens with zero attached hydrogens (tertiary/aromatic N) is 5. The molecule has 0 atom stereocenters. The molecule has 0 saturated heterocycles. The predicted octanol–water partition coefficient (Wildman–Crippen LogP) is 5.82. The Bertz CT molecular complexity index is 2450. The SMILES string of the molecule is COC(=O)NCC(=O)N(CCC#N)Cc1ncc(-c2ccc3c(c2)C(F)(F)c2cc(-c4ccc5nc(CN(CC6(C)CC6)C(=O)CNC(=O)OC)[nH]c5c4)ccc2-3)[nH]1. The molecule has 7 rings (SSSR count). The minimum absolute atomic E-state index is 0.00184. The number of nitriles is 1. The topological polar surface area (TPSA) is 198 Å². The summed E-state index contributed by atoms with van der Waals surface area (Å²) in [6, 6.07) is 17.3. The number of alkyl halides is 2. The van der Waals surface area contributed by atoms with E-state index in [0.717, 1.165) is 12.8 Å². The third-order valence-electron chi connectivity index (χ3n) is 10.5. The van der Waals surface area contributed by atoms with Crippen LogP contribution >= 0.6 is 0 Å². The molecule has 2 aromatic heterocycles. The Kier molecular flexibility index (Phi) is 10.8. The van der Waals surface area contributed by atoms with Gasteiger partial charge in [0.15, 0.2) is 0 Å². The van der Waals surface area contributed by atoms with Gasteiger partial charge in [-0.1, -0.05) is 37.3 Å². The standard InChI is InChI=1S/C41H41F2N9O6/c1-40(11-12-40)23-52(37(54)20-47-39(56)58-3)22-35-48-31-10-7-25(17-32(31)49-35)24-5-8-27-28-9-6-26(16-30(28)41(42,43)29(27)15-24)33-18-45-34(50-33)21-51(14-4-13-44)36(53)19-46-38(55)57-2/h5-10,15-18H,4,11-12,14,19-23H2,1-3H3,(H,45,50)(H,46,55)(H,47,56)(H,48,49). The molecule has 17 heteroatoms. The zero-order valence-electron chi connectivity index (χ0n) is 32.1. The van der Waals surface area contributed by atoms with E-state index in [-0.39, 0.29) is 61.6 Å². The normalized spacial score (nSPS) is 14.1. The second kappa shape index (κ2) is 16.0. The fourth-order valence-electron chi connectivity index (χ4n) is 7.04. The summed E-state index contributed by atoms with van der Waals surface area (Å²) in [6.45, 7) is 2.36. The first-order valence-electron chi connectivity index (χ1n) is 18.6. The number of alkyl carbamates (subject to hydrolysis) is 2. The summed E-state index contributed by atoms with van der Waals surface area (Å²) in [4.78, 5) is 67.4. The first-order valence-corrected chi connectivity index (χ1v) is 18.6. The van der Waals surface area contributed by atoms with Gasteiger partial charge < -0.3 is 39.9 Å². The van der Waals surface area contributed by atoms with Crippen LogP contribution in [0.25, 0.3) is 44.5 Å². The molecule has 1 saturated carbocycles. The van der Waals surface area contributed by atoms with Crippen molar-refractivity contribution in [3.63, 3.8) is 0 Å². The predicted molar refractivity (Wildman–Crippen MR) is 207 cm³/mol. The molecule has 5 aromatic rings. The van der Waals surface area contributed by atoms with Crippen molar-refractivity contribution >= 4 is 35.0 Å². The van der Waals surface area contributed by atoms with Crippen LogP contribution in [-0.4, -0.2) is 94.1 Å². The van der Waals surface area contributed by atoms with Crippen molar-refractivity contribution in [2.75, 3.05) is 40.4 Å². The van der Waals surface area contributed by atoms with Gasteiger partial charge in [-0.2, -0.15) is 14.0 Å². The molecule has 2 aliphatic carbocycles. The van der Waals surface area contributed by atoms with Crippen molar-refractivity contribution < 1.29 is 37.4 Å². The molecule has 1 fully saturated rings. The number of ether oxygens (including phenoxy) is 2. The number of halogens is 2. The van der Waals surface area contributed by atoms with E-state index >= 15 is 8.78 Å². The number of fused-ring (bicyclic) bond motifs is 4. The van der Waals surface area contributed by atoms with E-state index < -0.39 is 24.0 Å². The quantitative estimate of drug-likeness (QED) is 0.107. The van der Waals surface area contributed by atoms with Gasteiger partial charge in [-0.15, -0.1) is 0 Å². The third-order valence-corrected chi connectivity index (χ3v) is 10.5. The van der Waals surface area contributed by atoms with E-state index in [1.54, 1.807) is 29.2 Å². The third kappa shape index (κ3) is 8.31. The first-order chi connectivity index (χ1) is 27.8. The lowest BCUT2D eigenvalue weighted by Gasteiger charge is -2.25. The van der Waals surface area contributed by atoms with Crippen LogP contribution in [0, 0.1) is 16.7 Å². The zero-order valence-corrected chi connectivity index (χ0v) is 32.1. The summed E-state index contributed by atoms with van der Waals surface area (Å²) < 4.78 is 41.8. The number of methoxy groups -OCH3 is 2. The fraction of sp³-hybridized carbons (Fsp3) is 0.341. The van der Waals surface area contributed by atoms with Crippen LogP contribution in [0.5, 0.6) is 0 Å². The van der Waals surface area contributed by atoms with Crippen molar-refractivity contribution in [1.82, 2.24) is 40.4 Å². The van der Waals surface area contributed by atoms with Crippen molar-refractivity contribution in [3.8, 4) is 39.6 Å². The minimum atomic E-state index is -3.31. The lowest BCUT2D eigenvalue weighted by Crippen LogP contribution is -2.42. The summed E-state index contributed by atoms with van der Waals surface area (Å²) in [5, 5.41) is 13.8. The van der Waals surface area contributed by atoms with E-state index in [0.29, 0.717) is 62.7 Å². The highest BCUT2D eigenvalue weighted by atomic mass is 19.3. The van der Waals surface area contributed by atoms with Crippen molar-refractivity contribution in [2.24, 2.45) is 5.41 Å². The number of hydrogen-bond acceptors (Lipinski definition) is 9. The highest BCUT2D eigenvalue weighted by Crippen LogP contribution is 2.52. The number of aromatic nitrogens is 4. The number of rotatable bonds is 14. The molecule has 15 nitrogen and oxygen atoms in total. The Morgan fingerprint density at radius 1 is 0.828 bits per heavy atom. The maximum Gasteiger partial charge on any atom is 0.407 e. The summed E-state index contributed by atoms with van der Waals surface area (Å²) in [7, 11) is 2.41. The Balaban J connectivity index is 1.08. The second-order valence-corrected chi connectivity index (χ2v) is 14.7. The molecule has 300 valence electrons. The van der Waals surface area contributed by atoms with Crippen LogP contribution in [0.2, 0.25) is 0 Å². The van der Waals surface area contributed by atoms with E-state index in [1.165, 1.54) is 37.4 Å². The van der Waals surface area contributed by atoms with E-state index in [2.05, 4.69) is 47.0 Å². The van der Waals surface area contributed by atoms with Gasteiger partial charge in [0.25, 0.3) is 5.92 Å². The van der Waals surface area contributed by atoms with Crippen LogP contribution in [0.15, 0.2) is 60.8 Å². The zero-order chi connectivity index (χ0) is 41.2. The minimum Gasteiger partial charge on any atom is -0.453 e. The molecule has 4 amide bonds. The van der Waals surface area contributed by atoms with Gasteiger partial charge in [0.1, 0.15) is 24.7 Å². The molecule has 0 bridgehead atoms. The summed E-state index contributed by atoms with van der Waals surface area (Å²) in [5.74, 6) is -3.11. The Labute approximate surface area is 331 Å². The largest absolute Gasteiger partial charge is 0.453 e. The first kappa shape index (κ1) is 39.4. The summed E-state index contributed by atoms with van der Waals surface area (Å²) in [6.07, 6.45) is 2.08. The van der Waals surface area contributed by atoms with Gasteiger partial charge in [-0.3, -0.25) is 9.59 Å². The summed E-state index contributed by atoms with van der Waals surface area (Å²) >= 11 is 0. The molecule has 2 heterocycles. The van der Waals surface area contributed by atoms with E-state index in [4.69, 9.17) is 5.26 Å². The molecule has 0 radical (unpaired) electrons. The lowest BCUT2D eigenvalue weighted by atomic mass is 9.98. The average molecular weight is 794 g/mol. The van der Waals surface area contributed by atoms with Gasteiger partial charge in [0.05, 0.1) is 62.7 Å². The maximum absolute atomic E-state index is 16.3. The lowest BCUT2D eigenvalue weighted by molar-refractivity contribution is -0.132. The Morgan fingerprint density at radius 3 is 2.05 bits per heavy atom. The van der Waals surface area contributed by atoms with Gasteiger partial charge in [-0.05, 0) is 64.8 Å². The second-order valence-electron chi connectivity index (χ2n) is 14.7. The maximum atomic E-state index is 16.3. The van der Waals surface area contributed by atoms with Gasteiger partial charge in [-0.25, -0.2) is 19.6 Å². The molecule has 0 aliphatic heterocycles. The van der Waals surface area contributed by atoms with Crippen LogP contribution in [0.4, 0.5) is 18.4 Å². The molecular weight excluding hydrogens is 753 g/mol. The molecule has 3 aromatic carbocycles. The van der Waals surface area contributed by atoms with Crippen molar-refractivity contribution in [2.45, 2.75) is 45.2 Å². The average Bonchev–Trinajstić information content (AvgIpc) is 3.51. The molecule has 4 N–H and O–H groups in total. The number of hydrogen-bond donors (Lipinski definition) is 4. The highest BCUT2D eigenvalue weighted by Gasteiger charge is 2.45. The summed E-state index contributed by atoms with van der Waals surface area (Å²) in [5.41, 5.74) is 4.14. The number of carbonyl (C=O) groups excluding carboxylic acids is 4. The van der Waals surface area contributed by atoms with Gasteiger partial charge in [0.2, 0.25) is 11.8 Å². The fourth-order valence-corrected chi connectivity index (χ4v) is 7.04. The number of imidazole rings is 2. The monoisotopic (exact) mass is 793 g/mol. The number of H-pyrrole nitrogens is 2. The molecule has 2 aliphatic rings. The number of carbonyl (C=O) groups is 4. The molecule has 0 unspecified atom stereocenters. The molecule has 58 heavy (non-hydrogen) atoms. The van der Waals surface area contributed by atoms with Crippen LogP contribution in [0.3, 0.4) is 0 Å². The van der Waals surface area contributed by atoms with Crippen LogP contribution in [0.1, 0.15) is 49.0 Å². The smallest absolute Gasteiger partial charge is 0.407 e. The molecule has 0 spiro atoms. The Morgan fingerprint density at radius 2 is 1.41 bits per heavy atom.